The number of aliphatic imine (C=N–C) groups is 1. The van der Waals surface area contributed by atoms with E-state index < -0.39 is 12.3 Å². The minimum absolute atomic E-state index is 0.301. The van der Waals surface area contributed by atoms with Gasteiger partial charge in [-0.1, -0.05) is 37.6 Å². The number of rotatable bonds is 6. The van der Waals surface area contributed by atoms with E-state index in [0.717, 1.165) is 33.5 Å². The van der Waals surface area contributed by atoms with Crippen molar-refractivity contribution in [3.05, 3.63) is 62.5 Å². The minimum atomic E-state index is -0.938. The summed E-state index contributed by atoms with van der Waals surface area (Å²) >= 11 is 7.85. The van der Waals surface area contributed by atoms with E-state index in [1.165, 1.54) is 10.4 Å². The van der Waals surface area contributed by atoms with Gasteiger partial charge in [0.2, 0.25) is 0 Å². The normalized spacial score (nSPS) is 16.6. The standard InChI is InChI=1S/C23H27ClN4O2S/c1-12(2)11-30-19(29)10-18-22-27-26-15(5)28(22)23-20(13(3)14(4)31-23)21(25-18)16-6-8-17(24)9-7-16/h6-9,12,18-19,29H,10-11H2,1-5H3/t18-,19?/m0/s1. The van der Waals surface area contributed by atoms with Crippen LogP contribution in [0.15, 0.2) is 29.3 Å². The largest absolute Gasteiger partial charge is 0.368 e. The summed E-state index contributed by atoms with van der Waals surface area (Å²) in [6.07, 6.45) is -0.637. The zero-order chi connectivity index (χ0) is 22.3. The third-order valence-electron chi connectivity index (χ3n) is 5.40. The molecule has 0 saturated carbocycles. The number of benzene rings is 1. The second-order valence-corrected chi connectivity index (χ2v) is 9.96. The quantitative estimate of drug-likeness (QED) is 0.516. The fourth-order valence-electron chi connectivity index (χ4n) is 3.72. The Kier molecular flexibility index (Phi) is 6.30. The molecule has 0 fully saturated rings. The number of aryl methyl sites for hydroxylation is 2. The molecule has 1 N–H and O–H groups in total. The van der Waals surface area contributed by atoms with Gasteiger partial charge in [0.25, 0.3) is 0 Å². The third-order valence-corrected chi connectivity index (χ3v) is 6.85. The van der Waals surface area contributed by atoms with Gasteiger partial charge in [-0.2, -0.15) is 0 Å². The molecule has 0 saturated heterocycles. The molecule has 6 nitrogen and oxygen atoms in total. The molecule has 4 rings (SSSR count). The molecule has 31 heavy (non-hydrogen) atoms. The molecule has 0 bridgehead atoms. The summed E-state index contributed by atoms with van der Waals surface area (Å²) in [5, 5.41) is 21.1. The first-order valence-electron chi connectivity index (χ1n) is 10.4. The van der Waals surface area contributed by atoms with E-state index >= 15 is 0 Å². The molecule has 8 heteroatoms. The number of hydrogen-bond acceptors (Lipinski definition) is 6. The first kappa shape index (κ1) is 22.1. The predicted octanol–water partition coefficient (Wildman–Crippen LogP) is 5.18. The molecule has 1 unspecified atom stereocenters. The van der Waals surface area contributed by atoms with Crippen LogP contribution in [0.5, 0.6) is 0 Å². The highest BCUT2D eigenvalue weighted by molar-refractivity contribution is 7.15. The van der Waals surface area contributed by atoms with E-state index in [0.29, 0.717) is 24.0 Å². The molecule has 3 heterocycles. The van der Waals surface area contributed by atoms with Crippen molar-refractivity contribution >= 4 is 28.6 Å². The highest BCUT2D eigenvalue weighted by atomic mass is 35.5. The van der Waals surface area contributed by atoms with E-state index in [4.69, 9.17) is 21.3 Å². The zero-order valence-corrected chi connectivity index (χ0v) is 20.0. The summed E-state index contributed by atoms with van der Waals surface area (Å²) in [5.41, 5.74) is 4.11. The van der Waals surface area contributed by atoms with Crippen molar-refractivity contribution < 1.29 is 9.84 Å². The van der Waals surface area contributed by atoms with E-state index in [2.05, 4.69) is 42.5 Å². The Morgan fingerprint density at radius 1 is 1.16 bits per heavy atom. The molecular formula is C23H27ClN4O2S. The van der Waals surface area contributed by atoms with Crippen molar-refractivity contribution in [3.63, 3.8) is 0 Å². The van der Waals surface area contributed by atoms with Crippen molar-refractivity contribution in [2.45, 2.75) is 53.4 Å². The van der Waals surface area contributed by atoms with Crippen LogP contribution in [0.4, 0.5) is 0 Å². The van der Waals surface area contributed by atoms with Gasteiger partial charge in [0.1, 0.15) is 16.9 Å². The molecule has 164 valence electrons. The van der Waals surface area contributed by atoms with Crippen LogP contribution in [0.3, 0.4) is 0 Å². The van der Waals surface area contributed by atoms with Crippen LogP contribution < -0.4 is 0 Å². The molecule has 0 radical (unpaired) electrons. The Hall–Kier alpha value is -2.06. The highest BCUT2D eigenvalue weighted by Gasteiger charge is 2.32. The van der Waals surface area contributed by atoms with Crippen LogP contribution in [0.1, 0.15) is 59.5 Å². The first-order valence-corrected chi connectivity index (χ1v) is 11.6. The lowest BCUT2D eigenvalue weighted by Crippen LogP contribution is -2.20. The maximum atomic E-state index is 10.6. The Morgan fingerprint density at radius 3 is 2.55 bits per heavy atom. The second kappa shape index (κ2) is 8.82. The monoisotopic (exact) mass is 458 g/mol. The number of aliphatic hydroxyl groups is 1. The third kappa shape index (κ3) is 4.32. The van der Waals surface area contributed by atoms with Gasteiger partial charge in [-0.3, -0.25) is 9.56 Å². The lowest BCUT2D eigenvalue weighted by molar-refractivity contribution is -0.114. The molecule has 1 aromatic carbocycles. The van der Waals surface area contributed by atoms with Gasteiger partial charge in [0.05, 0.1) is 12.3 Å². The van der Waals surface area contributed by atoms with Crippen LogP contribution in [-0.4, -0.2) is 38.5 Å². The molecule has 1 aliphatic heterocycles. The number of hydrogen-bond donors (Lipinski definition) is 1. The fraction of sp³-hybridized carbons (Fsp3) is 0.435. The number of thiophene rings is 1. The van der Waals surface area contributed by atoms with Gasteiger partial charge >= 0.3 is 0 Å². The Morgan fingerprint density at radius 2 is 1.87 bits per heavy atom. The van der Waals surface area contributed by atoms with Crippen molar-refractivity contribution in [3.8, 4) is 5.00 Å². The molecule has 0 aliphatic carbocycles. The SMILES string of the molecule is Cc1sc2c(c1C)C(c1ccc(Cl)cc1)=N[C@@H](CC(O)OCC(C)C)c1nnc(C)n1-2. The summed E-state index contributed by atoms with van der Waals surface area (Å²) in [6.45, 7) is 10.8. The highest BCUT2D eigenvalue weighted by Crippen LogP contribution is 2.39. The Balaban J connectivity index is 1.86. The average Bonchev–Trinajstić information content (AvgIpc) is 3.19. The van der Waals surface area contributed by atoms with Crippen LogP contribution in [0.2, 0.25) is 5.02 Å². The van der Waals surface area contributed by atoms with E-state index in [1.807, 2.05) is 31.2 Å². The number of aromatic nitrogens is 3. The van der Waals surface area contributed by atoms with Crippen LogP contribution >= 0.6 is 22.9 Å². The van der Waals surface area contributed by atoms with E-state index in [9.17, 15) is 5.11 Å². The molecule has 3 aromatic rings. The average molecular weight is 459 g/mol. The lowest BCUT2D eigenvalue weighted by atomic mass is 9.99. The van der Waals surface area contributed by atoms with Crippen molar-refractivity contribution in [2.75, 3.05) is 6.61 Å². The maximum Gasteiger partial charge on any atom is 0.163 e. The van der Waals surface area contributed by atoms with Gasteiger partial charge in [-0.15, -0.1) is 21.5 Å². The first-order chi connectivity index (χ1) is 14.8. The second-order valence-electron chi connectivity index (χ2n) is 8.32. The summed E-state index contributed by atoms with van der Waals surface area (Å²) < 4.78 is 7.72. The molecule has 2 aromatic heterocycles. The number of ether oxygens (including phenoxy) is 1. The topological polar surface area (TPSA) is 72.5 Å². The Bertz CT molecular complexity index is 1120. The molecule has 0 amide bonds. The maximum absolute atomic E-state index is 10.6. The number of aliphatic hydroxyl groups excluding tert-OH is 1. The summed E-state index contributed by atoms with van der Waals surface area (Å²) in [5.74, 6) is 1.85. The molecular weight excluding hydrogens is 432 g/mol. The van der Waals surface area contributed by atoms with Crippen molar-refractivity contribution in [1.82, 2.24) is 14.8 Å². The lowest BCUT2D eigenvalue weighted by Gasteiger charge is -2.18. The van der Waals surface area contributed by atoms with Crippen LogP contribution in [-0.2, 0) is 4.74 Å². The smallest absolute Gasteiger partial charge is 0.163 e. The van der Waals surface area contributed by atoms with E-state index in [-0.39, 0.29) is 0 Å². The van der Waals surface area contributed by atoms with Crippen LogP contribution in [0, 0.1) is 26.7 Å². The fourth-order valence-corrected chi connectivity index (χ4v) is 5.06. The summed E-state index contributed by atoms with van der Waals surface area (Å²) in [7, 11) is 0. The molecule has 0 spiro atoms. The number of fused-ring (bicyclic) bond motifs is 3. The van der Waals surface area contributed by atoms with Gasteiger partial charge in [-0.05, 0) is 44.4 Å². The molecule has 1 aliphatic rings. The zero-order valence-electron chi connectivity index (χ0n) is 18.4. The van der Waals surface area contributed by atoms with Crippen molar-refractivity contribution in [2.24, 2.45) is 10.9 Å². The van der Waals surface area contributed by atoms with Gasteiger partial charge in [-0.25, -0.2) is 0 Å². The number of halogens is 1. The van der Waals surface area contributed by atoms with Gasteiger partial charge < -0.3 is 9.84 Å². The van der Waals surface area contributed by atoms with Crippen molar-refractivity contribution in [1.29, 1.82) is 0 Å². The summed E-state index contributed by atoms with van der Waals surface area (Å²) in [6, 6.07) is 7.32. The van der Waals surface area contributed by atoms with Crippen LogP contribution in [0.25, 0.3) is 5.00 Å². The van der Waals surface area contributed by atoms with Gasteiger partial charge in [0, 0.05) is 27.4 Å². The van der Waals surface area contributed by atoms with Gasteiger partial charge in [0.15, 0.2) is 12.1 Å². The summed E-state index contributed by atoms with van der Waals surface area (Å²) in [4.78, 5) is 6.36. The minimum Gasteiger partial charge on any atom is -0.368 e. The number of nitrogens with zero attached hydrogens (tertiary/aromatic N) is 4. The Labute approximate surface area is 191 Å². The van der Waals surface area contributed by atoms with E-state index in [1.54, 1.807) is 11.3 Å². The molecule has 2 atom stereocenters. The predicted molar refractivity (Wildman–Crippen MR) is 125 cm³/mol.